The van der Waals surface area contributed by atoms with Crippen LogP contribution in [0.3, 0.4) is 0 Å². The topological polar surface area (TPSA) is 21.3 Å². The average molecular weight is 312 g/mol. The van der Waals surface area contributed by atoms with Crippen molar-refractivity contribution in [3.8, 4) is 5.75 Å². The number of fused-ring (bicyclic) bond motifs is 1. The van der Waals surface area contributed by atoms with Gasteiger partial charge >= 0.3 is 0 Å². The minimum atomic E-state index is 0.653. The van der Waals surface area contributed by atoms with Gasteiger partial charge in [-0.05, 0) is 55.1 Å². The molecule has 1 aromatic carbocycles. The Morgan fingerprint density at radius 2 is 2.11 bits per heavy atom. The Labute approximate surface area is 118 Å². The molecule has 1 N–H and O–H groups in total. The van der Waals surface area contributed by atoms with Gasteiger partial charge in [-0.1, -0.05) is 29.8 Å². The van der Waals surface area contributed by atoms with Gasteiger partial charge in [0, 0.05) is 10.9 Å². The SMILES string of the molecule is CNCC(C)C(C)Cc1cc(Br)cc2c1OCC2. The van der Waals surface area contributed by atoms with Crippen molar-refractivity contribution >= 4 is 15.9 Å². The van der Waals surface area contributed by atoms with Crippen LogP contribution in [-0.2, 0) is 12.8 Å². The Bertz CT molecular complexity index is 419. The largest absolute Gasteiger partial charge is 0.493 e. The van der Waals surface area contributed by atoms with E-state index >= 15 is 0 Å². The Morgan fingerprint density at radius 3 is 2.83 bits per heavy atom. The van der Waals surface area contributed by atoms with Crippen LogP contribution in [0, 0.1) is 11.8 Å². The van der Waals surface area contributed by atoms with Crippen molar-refractivity contribution < 1.29 is 4.74 Å². The molecule has 1 aliphatic rings. The number of rotatable bonds is 5. The first-order chi connectivity index (χ1) is 8.61. The van der Waals surface area contributed by atoms with Crippen LogP contribution in [-0.4, -0.2) is 20.2 Å². The summed E-state index contributed by atoms with van der Waals surface area (Å²) in [6, 6.07) is 4.40. The lowest BCUT2D eigenvalue weighted by molar-refractivity contribution is 0.340. The fourth-order valence-corrected chi connectivity index (χ4v) is 3.12. The van der Waals surface area contributed by atoms with Gasteiger partial charge in [0.2, 0.25) is 0 Å². The molecule has 1 heterocycles. The highest BCUT2D eigenvalue weighted by Gasteiger charge is 2.20. The lowest BCUT2D eigenvalue weighted by Crippen LogP contribution is -2.23. The van der Waals surface area contributed by atoms with Crippen molar-refractivity contribution in [2.45, 2.75) is 26.7 Å². The van der Waals surface area contributed by atoms with E-state index in [4.69, 9.17) is 4.74 Å². The van der Waals surface area contributed by atoms with E-state index in [0.29, 0.717) is 11.8 Å². The second-order valence-corrected chi connectivity index (χ2v) is 6.28. The molecule has 0 spiro atoms. The lowest BCUT2D eigenvalue weighted by Gasteiger charge is -2.21. The molecule has 0 saturated heterocycles. The van der Waals surface area contributed by atoms with Gasteiger partial charge in [0.05, 0.1) is 6.61 Å². The van der Waals surface area contributed by atoms with Crippen LogP contribution in [0.15, 0.2) is 16.6 Å². The van der Waals surface area contributed by atoms with E-state index in [1.807, 2.05) is 7.05 Å². The Kier molecular flexibility index (Phi) is 4.68. The second-order valence-electron chi connectivity index (χ2n) is 5.37. The van der Waals surface area contributed by atoms with Crippen molar-refractivity contribution in [1.29, 1.82) is 0 Å². The van der Waals surface area contributed by atoms with Gasteiger partial charge in [-0.25, -0.2) is 0 Å². The molecule has 18 heavy (non-hydrogen) atoms. The minimum absolute atomic E-state index is 0.653. The molecule has 100 valence electrons. The highest BCUT2D eigenvalue weighted by Crippen LogP contribution is 2.35. The van der Waals surface area contributed by atoms with Crippen LogP contribution in [0.5, 0.6) is 5.75 Å². The summed E-state index contributed by atoms with van der Waals surface area (Å²) in [6.45, 7) is 6.53. The number of halogens is 1. The summed E-state index contributed by atoms with van der Waals surface area (Å²) in [7, 11) is 2.02. The predicted octanol–water partition coefficient (Wildman–Crippen LogP) is 3.42. The molecule has 3 heteroatoms. The van der Waals surface area contributed by atoms with Crippen LogP contribution >= 0.6 is 15.9 Å². The van der Waals surface area contributed by atoms with Crippen LogP contribution in [0.4, 0.5) is 0 Å². The van der Waals surface area contributed by atoms with Gasteiger partial charge < -0.3 is 10.1 Å². The van der Waals surface area contributed by atoms with Crippen molar-refractivity contribution in [1.82, 2.24) is 5.32 Å². The van der Waals surface area contributed by atoms with E-state index in [0.717, 1.165) is 31.7 Å². The van der Waals surface area contributed by atoms with Gasteiger partial charge in [0.25, 0.3) is 0 Å². The number of hydrogen-bond acceptors (Lipinski definition) is 2. The monoisotopic (exact) mass is 311 g/mol. The third kappa shape index (κ3) is 3.07. The van der Waals surface area contributed by atoms with Crippen LogP contribution in [0.1, 0.15) is 25.0 Å². The number of benzene rings is 1. The molecule has 1 aromatic rings. The van der Waals surface area contributed by atoms with Crippen molar-refractivity contribution in [3.05, 3.63) is 27.7 Å². The molecular formula is C15H22BrNO. The Hall–Kier alpha value is -0.540. The predicted molar refractivity (Wildman–Crippen MR) is 79.3 cm³/mol. The summed E-state index contributed by atoms with van der Waals surface area (Å²) in [4.78, 5) is 0. The summed E-state index contributed by atoms with van der Waals surface area (Å²) in [5.74, 6) is 2.47. The maximum atomic E-state index is 5.79. The first-order valence-corrected chi connectivity index (χ1v) is 7.49. The van der Waals surface area contributed by atoms with Crippen LogP contribution < -0.4 is 10.1 Å². The first-order valence-electron chi connectivity index (χ1n) is 6.70. The molecule has 0 amide bonds. The highest BCUT2D eigenvalue weighted by molar-refractivity contribution is 9.10. The molecule has 0 radical (unpaired) electrons. The summed E-state index contributed by atoms with van der Waals surface area (Å²) in [6.07, 6.45) is 2.13. The first kappa shape index (κ1) is 13.9. The zero-order valence-corrected chi connectivity index (χ0v) is 13.0. The zero-order chi connectivity index (χ0) is 13.1. The molecule has 0 saturated carbocycles. The molecule has 2 unspecified atom stereocenters. The molecule has 0 aliphatic carbocycles. The maximum absolute atomic E-state index is 5.79. The maximum Gasteiger partial charge on any atom is 0.125 e. The molecule has 2 rings (SSSR count). The average Bonchev–Trinajstić information content (AvgIpc) is 2.77. The molecule has 2 nitrogen and oxygen atoms in total. The fourth-order valence-electron chi connectivity index (χ4n) is 2.57. The summed E-state index contributed by atoms with van der Waals surface area (Å²) >= 11 is 3.61. The smallest absolute Gasteiger partial charge is 0.125 e. The van der Waals surface area contributed by atoms with Gasteiger partial charge in [0.1, 0.15) is 5.75 Å². The van der Waals surface area contributed by atoms with Crippen molar-refractivity contribution in [2.24, 2.45) is 11.8 Å². The van der Waals surface area contributed by atoms with Crippen LogP contribution in [0.2, 0.25) is 0 Å². The van der Waals surface area contributed by atoms with E-state index in [-0.39, 0.29) is 0 Å². The molecule has 2 atom stereocenters. The molecule has 0 bridgehead atoms. The van der Waals surface area contributed by atoms with E-state index in [1.165, 1.54) is 15.6 Å². The highest BCUT2D eigenvalue weighted by atomic mass is 79.9. The lowest BCUT2D eigenvalue weighted by atomic mass is 9.88. The van der Waals surface area contributed by atoms with E-state index < -0.39 is 0 Å². The Morgan fingerprint density at radius 1 is 1.33 bits per heavy atom. The number of nitrogens with one attached hydrogen (secondary N) is 1. The molecule has 0 fully saturated rings. The van der Waals surface area contributed by atoms with Gasteiger partial charge in [0.15, 0.2) is 0 Å². The van der Waals surface area contributed by atoms with Gasteiger partial charge in [-0.15, -0.1) is 0 Å². The van der Waals surface area contributed by atoms with Gasteiger partial charge in [-0.3, -0.25) is 0 Å². The van der Waals surface area contributed by atoms with E-state index in [1.54, 1.807) is 0 Å². The third-order valence-electron chi connectivity index (χ3n) is 3.86. The third-order valence-corrected chi connectivity index (χ3v) is 4.32. The van der Waals surface area contributed by atoms with Crippen LogP contribution in [0.25, 0.3) is 0 Å². The van der Waals surface area contributed by atoms with Crippen molar-refractivity contribution in [2.75, 3.05) is 20.2 Å². The second kappa shape index (κ2) is 6.07. The molecule has 0 aromatic heterocycles. The number of hydrogen-bond donors (Lipinski definition) is 1. The fraction of sp³-hybridized carbons (Fsp3) is 0.600. The standard InChI is InChI=1S/C15H22BrNO/c1-10(11(2)9-17-3)6-13-8-14(16)7-12-4-5-18-15(12)13/h7-8,10-11,17H,4-6,9H2,1-3H3. The summed E-state index contributed by atoms with van der Waals surface area (Å²) in [5, 5.41) is 3.26. The zero-order valence-electron chi connectivity index (χ0n) is 11.4. The van der Waals surface area contributed by atoms with E-state index in [2.05, 4.69) is 47.2 Å². The summed E-state index contributed by atoms with van der Waals surface area (Å²) < 4.78 is 6.96. The quantitative estimate of drug-likeness (QED) is 0.899. The molecule has 1 aliphatic heterocycles. The van der Waals surface area contributed by atoms with E-state index in [9.17, 15) is 0 Å². The van der Waals surface area contributed by atoms with Crippen molar-refractivity contribution in [3.63, 3.8) is 0 Å². The Balaban J connectivity index is 2.14. The normalized spacial score (nSPS) is 17.1. The van der Waals surface area contributed by atoms with Gasteiger partial charge in [-0.2, -0.15) is 0 Å². The molecular weight excluding hydrogens is 290 g/mol. The number of ether oxygens (including phenoxy) is 1. The summed E-state index contributed by atoms with van der Waals surface area (Å²) in [5.41, 5.74) is 2.71. The minimum Gasteiger partial charge on any atom is -0.493 e.